The van der Waals surface area contributed by atoms with Crippen LogP contribution in [0.5, 0.6) is 0 Å². The molecular formula is C17H18ClNO3S2. The zero-order valence-corrected chi connectivity index (χ0v) is 15.7. The van der Waals surface area contributed by atoms with E-state index < -0.39 is 0 Å². The van der Waals surface area contributed by atoms with E-state index in [2.05, 4.69) is 4.74 Å². The second kappa shape index (κ2) is 9.20. The van der Waals surface area contributed by atoms with Crippen LogP contribution in [0, 0.1) is 0 Å². The van der Waals surface area contributed by atoms with Gasteiger partial charge in [-0.2, -0.15) is 0 Å². The van der Waals surface area contributed by atoms with E-state index >= 15 is 0 Å². The maximum atomic E-state index is 12.5. The van der Waals surface area contributed by atoms with Crippen LogP contribution in [0.2, 0.25) is 5.02 Å². The summed E-state index contributed by atoms with van der Waals surface area (Å²) in [7, 11) is 1.38. The van der Waals surface area contributed by atoms with Crippen LogP contribution in [0.1, 0.15) is 31.2 Å². The van der Waals surface area contributed by atoms with Crippen molar-refractivity contribution in [3.8, 4) is 0 Å². The molecular weight excluding hydrogens is 366 g/mol. The Morgan fingerprint density at radius 3 is 2.88 bits per heavy atom. The van der Waals surface area contributed by atoms with Gasteiger partial charge in [0.05, 0.1) is 12.0 Å². The molecule has 4 nitrogen and oxygen atoms in total. The van der Waals surface area contributed by atoms with E-state index in [1.807, 2.05) is 18.2 Å². The molecule has 1 saturated heterocycles. The SMILES string of the molecule is COC(=O)CCCCCN1C(=O)/C(=C\c2cccc(Cl)c2)SC1=S. The van der Waals surface area contributed by atoms with Crippen molar-refractivity contribution in [2.75, 3.05) is 13.7 Å². The third-order valence-electron chi connectivity index (χ3n) is 3.51. The van der Waals surface area contributed by atoms with Gasteiger partial charge >= 0.3 is 5.97 Å². The van der Waals surface area contributed by atoms with Crippen molar-refractivity contribution in [1.82, 2.24) is 4.90 Å². The summed E-state index contributed by atoms with van der Waals surface area (Å²) >= 11 is 12.6. The summed E-state index contributed by atoms with van der Waals surface area (Å²) in [5.41, 5.74) is 0.876. The summed E-state index contributed by atoms with van der Waals surface area (Å²) in [6, 6.07) is 7.33. The van der Waals surface area contributed by atoms with E-state index in [1.165, 1.54) is 18.9 Å². The lowest BCUT2D eigenvalue weighted by Gasteiger charge is -2.13. The summed E-state index contributed by atoms with van der Waals surface area (Å²) < 4.78 is 5.17. The Balaban J connectivity index is 1.88. The average molecular weight is 384 g/mol. The van der Waals surface area contributed by atoms with Gasteiger partial charge in [0.15, 0.2) is 0 Å². The van der Waals surface area contributed by atoms with Gasteiger partial charge in [0.2, 0.25) is 0 Å². The first-order chi connectivity index (χ1) is 11.5. The fourth-order valence-electron chi connectivity index (χ4n) is 2.26. The van der Waals surface area contributed by atoms with Gasteiger partial charge in [-0.1, -0.05) is 54.1 Å². The predicted molar refractivity (Wildman–Crippen MR) is 102 cm³/mol. The van der Waals surface area contributed by atoms with Crippen molar-refractivity contribution in [3.05, 3.63) is 39.8 Å². The van der Waals surface area contributed by atoms with Gasteiger partial charge < -0.3 is 4.74 Å². The zero-order chi connectivity index (χ0) is 17.5. The monoisotopic (exact) mass is 383 g/mol. The highest BCUT2D eigenvalue weighted by Gasteiger charge is 2.31. The van der Waals surface area contributed by atoms with Crippen molar-refractivity contribution >= 4 is 57.9 Å². The minimum Gasteiger partial charge on any atom is -0.469 e. The number of unbranched alkanes of at least 4 members (excludes halogenated alkanes) is 2. The molecule has 0 aliphatic carbocycles. The Hall–Kier alpha value is -1.37. The zero-order valence-electron chi connectivity index (χ0n) is 13.3. The van der Waals surface area contributed by atoms with Crippen LogP contribution in [0.3, 0.4) is 0 Å². The number of carbonyl (C=O) groups excluding carboxylic acids is 2. The first-order valence-corrected chi connectivity index (χ1v) is 9.19. The van der Waals surface area contributed by atoms with Crippen LogP contribution in [0.4, 0.5) is 0 Å². The Morgan fingerprint density at radius 1 is 1.38 bits per heavy atom. The number of hydrogen-bond acceptors (Lipinski definition) is 5. The van der Waals surface area contributed by atoms with Gasteiger partial charge in [0, 0.05) is 18.0 Å². The topological polar surface area (TPSA) is 46.6 Å². The molecule has 0 spiro atoms. The summed E-state index contributed by atoms with van der Waals surface area (Å²) in [5, 5.41) is 0.629. The Labute approximate surface area is 156 Å². The number of carbonyl (C=O) groups is 2. The maximum Gasteiger partial charge on any atom is 0.305 e. The van der Waals surface area contributed by atoms with Gasteiger partial charge in [-0.05, 0) is 36.6 Å². The molecule has 0 saturated carbocycles. The molecule has 0 aromatic heterocycles. The van der Waals surface area contributed by atoms with Crippen molar-refractivity contribution < 1.29 is 14.3 Å². The number of rotatable bonds is 7. The van der Waals surface area contributed by atoms with Crippen LogP contribution >= 0.6 is 35.6 Å². The van der Waals surface area contributed by atoms with Crippen LogP contribution < -0.4 is 0 Å². The van der Waals surface area contributed by atoms with E-state index in [4.69, 9.17) is 23.8 Å². The van der Waals surface area contributed by atoms with Crippen LogP contribution in [-0.4, -0.2) is 34.8 Å². The molecule has 1 aromatic carbocycles. The van der Waals surface area contributed by atoms with E-state index in [-0.39, 0.29) is 11.9 Å². The summed E-state index contributed by atoms with van der Waals surface area (Å²) in [6.45, 7) is 0.568. The third-order valence-corrected chi connectivity index (χ3v) is 5.12. The first kappa shape index (κ1) is 19.0. The largest absolute Gasteiger partial charge is 0.469 e. The Bertz CT molecular complexity index is 676. The number of halogens is 1. The fourth-order valence-corrected chi connectivity index (χ4v) is 3.77. The molecule has 24 heavy (non-hydrogen) atoms. The molecule has 0 bridgehead atoms. The highest BCUT2D eigenvalue weighted by Crippen LogP contribution is 2.33. The number of amides is 1. The smallest absolute Gasteiger partial charge is 0.305 e. The lowest BCUT2D eigenvalue weighted by atomic mass is 10.2. The summed E-state index contributed by atoms with van der Waals surface area (Å²) in [4.78, 5) is 25.7. The lowest BCUT2D eigenvalue weighted by Crippen LogP contribution is -2.29. The second-order valence-corrected chi connectivity index (χ2v) is 7.39. The highest BCUT2D eigenvalue weighted by atomic mass is 35.5. The normalized spacial score (nSPS) is 16.1. The van der Waals surface area contributed by atoms with Gasteiger partial charge in [0.1, 0.15) is 4.32 Å². The number of hydrogen-bond donors (Lipinski definition) is 0. The number of thioether (sulfide) groups is 1. The van der Waals surface area contributed by atoms with Gasteiger partial charge in [-0.3, -0.25) is 14.5 Å². The van der Waals surface area contributed by atoms with E-state index in [0.717, 1.165) is 24.8 Å². The molecule has 0 N–H and O–H groups in total. The number of esters is 1. The predicted octanol–water partition coefficient (Wildman–Crippen LogP) is 4.27. The maximum absolute atomic E-state index is 12.5. The molecule has 128 valence electrons. The number of ether oxygens (including phenoxy) is 1. The molecule has 7 heteroatoms. The van der Waals surface area contributed by atoms with Gasteiger partial charge in [0.25, 0.3) is 5.91 Å². The lowest BCUT2D eigenvalue weighted by molar-refractivity contribution is -0.140. The second-order valence-electron chi connectivity index (χ2n) is 5.28. The molecule has 0 unspecified atom stereocenters. The Kier molecular flexibility index (Phi) is 7.27. The molecule has 1 amide bonds. The minimum absolute atomic E-state index is 0.0713. The van der Waals surface area contributed by atoms with Crippen molar-refractivity contribution in [1.29, 1.82) is 0 Å². The molecule has 1 heterocycles. The molecule has 0 radical (unpaired) electrons. The quantitative estimate of drug-likeness (QED) is 0.304. The number of thiocarbonyl (C=S) groups is 1. The number of methoxy groups -OCH3 is 1. The number of benzene rings is 1. The van der Waals surface area contributed by atoms with Gasteiger partial charge in [-0.25, -0.2) is 0 Å². The Morgan fingerprint density at radius 2 is 2.17 bits per heavy atom. The van der Waals surface area contributed by atoms with Gasteiger partial charge in [-0.15, -0.1) is 0 Å². The molecule has 1 aliphatic rings. The van der Waals surface area contributed by atoms with Crippen molar-refractivity contribution in [2.45, 2.75) is 25.7 Å². The standard InChI is InChI=1S/C17H18ClNO3S2/c1-22-15(20)8-3-2-4-9-19-16(21)14(24-17(19)23)11-12-6-5-7-13(18)10-12/h5-7,10-11H,2-4,8-9H2,1H3/b14-11+. The molecule has 1 aliphatic heterocycles. The van der Waals surface area contributed by atoms with Crippen LogP contribution in [-0.2, 0) is 14.3 Å². The summed E-state index contributed by atoms with van der Waals surface area (Å²) in [6.07, 6.45) is 4.61. The highest BCUT2D eigenvalue weighted by molar-refractivity contribution is 8.26. The van der Waals surface area contributed by atoms with E-state index in [0.29, 0.717) is 27.2 Å². The third kappa shape index (κ3) is 5.33. The molecule has 1 aromatic rings. The van der Waals surface area contributed by atoms with Crippen molar-refractivity contribution in [2.24, 2.45) is 0 Å². The molecule has 0 atom stereocenters. The minimum atomic E-state index is -0.204. The first-order valence-electron chi connectivity index (χ1n) is 7.59. The van der Waals surface area contributed by atoms with Crippen LogP contribution in [0.15, 0.2) is 29.2 Å². The van der Waals surface area contributed by atoms with Crippen LogP contribution in [0.25, 0.3) is 6.08 Å². The van der Waals surface area contributed by atoms with E-state index in [1.54, 1.807) is 17.0 Å². The number of nitrogens with zero attached hydrogens (tertiary/aromatic N) is 1. The fraction of sp³-hybridized carbons (Fsp3) is 0.353. The van der Waals surface area contributed by atoms with E-state index in [9.17, 15) is 9.59 Å². The van der Waals surface area contributed by atoms with Crippen molar-refractivity contribution in [3.63, 3.8) is 0 Å². The molecule has 1 fully saturated rings. The average Bonchev–Trinajstić information content (AvgIpc) is 2.81. The molecule has 2 rings (SSSR count). The summed E-state index contributed by atoms with van der Waals surface area (Å²) in [5.74, 6) is -0.275.